The molecule has 0 unspecified atom stereocenters. The van der Waals surface area contributed by atoms with E-state index >= 15 is 0 Å². The molecule has 4 aromatic rings. The smallest absolute Gasteiger partial charge is 0.221 e. The Bertz CT molecular complexity index is 1610. The predicted molar refractivity (Wildman–Crippen MR) is 184 cm³/mol. The van der Waals surface area contributed by atoms with Crippen molar-refractivity contribution in [1.82, 2.24) is 19.9 Å². The first-order chi connectivity index (χ1) is 22.7. The van der Waals surface area contributed by atoms with Crippen molar-refractivity contribution in [3.8, 4) is 28.7 Å². The number of rotatable bonds is 18. The van der Waals surface area contributed by atoms with Crippen LogP contribution < -0.4 is 40.9 Å². The van der Waals surface area contributed by atoms with Crippen molar-refractivity contribution in [3.63, 3.8) is 0 Å². The quantitative estimate of drug-likeness (QED) is 0.114. The Balaban J connectivity index is 1.17. The van der Waals surface area contributed by atoms with Crippen LogP contribution in [0.4, 0.5) is 17.6 Å². The molecule has 12 heteroatoms. The Morgan fingerprint density at radius 2 is 1.04 bits per heavy atom. The molecule has 2 heterocycles. The van der Waals surface area contributed by atoms with Crippen LogP contribution in [0.25, 0.3) is 0 Å². The maximum Gasteiger partial charge on any atom is 0.221 e. The summed E-state index contributed by atoms with van der Waals surface area (Å²) in [5.41, 5.74) is 22.4. The van der Waals surface area contributed by atoms with Gasteiger partial charge in [-0.1, -0.05) is 31.7 Å². The lowest BCUT2D eigenvalue weighted by molar-refractivity contribution is 0.265. The van der Waals surface area contributed by atoms with Crippen molar-refractivity contribution in [3.05, 3.63) is 70.3 Å². The number of aryl methyl sites for hydroxylation is 2. The summed E-state index contributed by atoms with van der Waals surface area (Å²) in [5.74, 6) is 4.94. The van der Waals surface area contributed by atoms with E-state index in [0.29, 0.717) is 60.8 Å². The number of hydrogen-bond donors (Lipinski definition) is 3. The van der Waals surface area contributed by atoms with Gasteiger partial charge >= 0.3 is 0 Å². The lowest BCUT2D eigenvalue weighted by atomic mass is 10.0. The highest BCUT2D eigenvalue weighted by Gasteiger charge is 2.16. The highest BCUT2D eigenvalue weighted by molar-refractivity contribution is 5.56. The number of nitrogens with zero attached hydrogens (tertiary/aromatic N) is 4. The van der Waals surface area contributed by atoms with Gasteiger partial charge in [0.25, 0.3) is 0 Å². The molecular formula is C35H47N7O5. The van der Waals surface area contributed by atoms with E-state index in [9.17, 15) is 0 Å². The van der Waals surface area contributed by atoms with Crippen molar-refractivity contribution in [2.45, 2.75) is 65.2 Å². The Labute approximate surface area is 277 Å². The molecule has 12 nitrogen and oxygen atoms in total. The van der Waals surface area contributed by atoms with Crippen LogP contribution in [0.3, 0.4) is 0 Å². The Morgan fingerprint density at radius 3 is 1.57 bits per heavy atom. The van der Waals surface area contributed by atoms with Gasteiger partial charge in [0.2, 0.25) is 11.7 Å². The molecule has 0 amide bonds. The van der Waals surface area contributed by atoms with E-state index in [0.717, 1.165) is 77.8 Å². The Morgan fingerprint density at radius 1 is 0.574 bits per heavy atom. The molecule has 0 bridgehead atoms. The Kier molecular flexibility index (Phi) is 12.7. The predicted octanol–water partition coefficient (Wildman–Crippen LogP) is 5.64. The van der Waals surface area contributed by atoms with Gasteiger partial charge in [0.15, 0.2) is 23.0 Å². The SMILES string of the molecule is COc1cc(Cc2cnc(C)nc2N)cc(C)c1OCCCCCCCCOc1c(OC)cc(Cc2cnc(N)nc2N)cc1OC. The normalized spacial score (nSPS) is 10.9. The number of nitrogens with two attached hydrogens (primary N) is 3. The number of hydrogen-bond acceptors (Lipinski definition) is 12. The molecule has 0 fully saturated rings. The molecular weight excluding hydrogens is 598 g/mol. The first-order valence-corrected chi connectivity index (χ1v) is 15.8. The molecule has 252 valence electrons. The topological polar surface area (TPSA) is 176 Å². The van der Waals surface area contributed by atoms with Crippen LogP contribution >= 0.6 is 0 Å². The van der Waals surface area contributed by atoms with E-state index in [2.05, 4.69) is 26.0 Å². The molecule has 0 saturated carbocycles. The molecule has 0 spiro atoms. The average molecular weight is 646 g/mol. The zero-order valence-electron chi connectivity index (χ0n) is 28.1. The molecule has 2 aromatic carbocycles. The van der Waals surface area contributed by atoms with Gasteiger partial charge in [0, 0.05) is 36.4 Å². The second kappa shape index (κ2) is 17.1. The van der Waals surface area contributed by atoms with Gasteiger partial charge in [0.05, 0.1) is 34.5 Å². The van der Waals surface area contributed by atoms with Crippen molar-refractivity contribution in [1.29, 1.82) is 0 Å². The molecule has 0 atom stereocenters. The second-order valence-electron chi connectivity index (χ2n) is 11.4. The molecule has 4 rings (SSSR count). The minimum Gasteiger partial charge on any atom is -0.493 e. The number of aromatic nitrogens is 4. The van der Waals surface area contributed by atoms with Gasteiger partial charge in [-0.15, -0.1) is 0 Å². The summed E-state index contributed by atoms with van der Waals surface area (Å²) in [5, 5.41) is 0. The van der Waals surface area contributed by atoms with E-state index in [4.69, 9.17) is 40.9 Å². The molecule has 0 aliphatic rings. The van der Waals surface area contributed by atoms with Crippen LogP contribution in [0.2, 0.25) is 0 Å². The zero-order chi connectivity index (χ0) is 33.8. The maximum absolute atomic E-state index is 6.16. The number of nitrogen functional groups attached to an aromatic ring is 3. The van der Waals surface area contributed by atoms with Gasteiger partial charge in [0.1, 0.15) is 17.5 Å². The fraction of sp³-hybridized carbons (Fsp3) is 0.429. The summed E-state index contributed by atoms with van der Waals surface area (Å²) in [7, 11) is 4.89. The number of unbranched alkanes of at least 4 members (excludes halogenated alkanes) is 5. The standard InChI is InChI=1S/C35H47N7O5/c1-22-14-24(15-26-20-39-23(2)41-33(26)36)17-28(43-3)31(22)46-12-10-8-6-7-9-11-13-47-32-29(44-4)18-25(19-30(32)45-5)16-27-21-40-35(38)42-34(27)37/h14,17-21H,6-13,15-16H2,1-5H3,(H2,36,39,41)(H4,37,38,40,42). The van der Waals surface area contributed by atoms with Crippen LogP contribution in [-0.4, -0.2) is 54.5 Å². The largest absolute Gasteiger partial charge is 0.493 e. The molecule has 0 radical (unpaired) electrons. The van der Waals surface area contributed by atoms with E-state index in [1.54, 1.807) is 33.7 Å². The van der Waals surface area contributed by atoms with Crippen LogP contribution in [0.1, 0.15) is 72.2 Å². The summed E-state index contributed by atoms with van der Waals surface area (Å²) in [4.78, 5) is 16.6. The minimum absolute atomic E-state index is 0.144. The number of methoxy groups -OCH3 is 3. The molecule has 0 aliphatic heterocycles. The fourth-order valence-electron chi connectivity index (χ4n) is 5.35. The van der Waals surface area contributed by atoms with Gasteiger partial charge in [-0.05, 0) is 61.6 Å². The number of anilines is 3. The van der Waals surface area contributed by atoms with Gasteiger partial charge in [-0.3, -0.25) is 0 Å². The molecule has 0 aliphatic carbocycles. The van der Waals surface area contributed by atoms with Crippen molar-refractivity contribution in [2.75, 3.05) is 51.7 Å². The molecule has 2 aromatic heterocycles. The first-order valence-electron chi connectivity index (χ1n) is 15.8. The average Bonchev–Trinajstić information content (AvgIpc) is 3.05. The lowest BCUT2D eigenvalue weighted by Crippen LogP contribution is -2.05. The molecule has 6 N–H and O–H groups in total. The number of ether oxygens (including phenoxy) is 5. The number of benzene rings is 2. The van der Waals surface area contributed by atoms with Gasteiger partial charge < -0.3 is 40.9 Å². The summed E-state index contributed by atoms with van der Waals surface area (Å²) in [6, 6.07) is 7.93. The van der Waals surface area contributed by atoms with Gasteiger partial charge in [-0.2, -0.15) is 4.98 Å². The molecule has 0 saturated heterocycles. The van der Waals surface area contributed by atoms with E-state index in [1.165, 1.54) is 0 Å². The maximum atomic E-state index is 6.16. The highest BCUT2D eigenvalue weighted by atomic mass is 16.5. The monoisotopic (exact) mass is 645 g/mol. The van der Waals surface area contributed by atoms with Crippen LogP contribution in [0, 0.1) is 13.8 Å². The molecule has 47 heavy (non-hydrogen) atoms. The van der Waals surface area contributed by atoms with Gasteiger partial charge in [-0.25, -0.2) is 15.0 Å². The Hall–Kier alpha value is -5.00. The highest BCUT2D eigenvalue weighted by Crippen LogP contribution is 2.39. The fourth-order valence-corrected chi connectivity index (χ4v) is 5.35. The summed E-state index contributed by atoms with van der Waals surface area (Å²) in [6.45, 7) is 5.05. The first kappa shape index (κ1) is 34.9. The third-order valence-corrected chi connectivity index (χ3v) is 7.80. The lowest BCUT2D eigenvalue weighted by Gasteiger charge is -2.16. The van der Waals surface area contributed by atoms with Crippen molar-refractivity contribution < 1.29 is 23.7 Å². The second-order valence-corrected chi connectivity index (χ2v) is 11.4. The third-order valence-electron chi connectivity index (χ3n) is 7.80. The third kappa shape index (κ3) is 9.74. The van der Waals surface area contributed by atoms with E-state index in [1.807, 2.05) is 32.0 Å². The zero-order valence-corrected chi connectivity index (χ0v) is 28.1. The van der Waals surface area contributed by atoms with Crippen molar-refractivity contribution >= 4 is 17.6 Å². The summed E-state index contributed by atoms with van der Waals surface area (Å²) >= 11 is 0. The van der Waals surface area contributed by atoms with Crippen LogP contribution in [0.15, 0.2) is 36.7 Å². The minimum atomic E-state index is 0.144. The summed E-state index contributed by atoms with van der Waals surface area (Å²) in [6.07, 6.45) is 10.8. The van der Waals surface area contributed by atoms with E-state index in [-0.39, 0.29) is 5.95 Å². The van der Waals surface area contributed by atoms with Crippen LogP contribution in [0.5, 0.6) is 28.7 Å². The summed E-state index contributed by atoms with van der Waals surface area (Å²) < 4.78 is 29.2. The van der Waals surface area contributed by atoms with Crippen molar-refractivity contribution in [2.24, 2.45) is 0 Å². The van der Waals surface area contributed by atoms with E-state index < -0.39 is 0 Å². The van der Waals surface area contributed by atoms with Crippen LogP contribution in [-0.2, 0) is 12.8 Å².